The first kappa shape index (κ1) is 13.6. The van der Waals surface area contributed by atoms with Gasteiger partial charge in [0.05, 0.1) is 7.11 Å². The van der Waals surface area contributed by atoms with Crippen molar-refractivity contribution < 1.29 is 4.74 Å². The van der Waals surface area contributed by atoms with Crippen molar-refractivity contribution in [3.8, 4) is 5.75 Å². The summed E-state index contributed by atoms with van der Waals surface area (Å²) in [4.78, 5) is 4.39. The van der Waals surface area contributed by atoms with E-state index >= 15 is 0 Å². The van der Waals surface area contributed by atoms with Crippen LogP contribution in [0.25, 0.3) is 0 Å². The van der Waals surface area contributed by atoms with Crippen molar-refractivity contribution in [1.29, 1.82) is 0 Å². The Bertz CT molecular complexity index is 482. The summed E-state index contributed by atoms with van der Waals surface area (Å²) in [5.41, 5.74) is 8.24. The second-order valence-electron chi connectivity index (χ2n) is 4.57. The zero-order chi connectivity index (χ0) is 13.5. The van der Waals surface area contributed by atoms with Crippen molar-refractivity contribution in [2.45, 2.75) is 18.8 Å². The maximum atomic E-state index is 5.85. The summed E-state index contributed by atoms with van der Waals surface area (Å²) in [5.74, 6) is 1.21. The summed E-state index contributed by atoms with van der Waals surface area (Å²) in [6, 6.07) is 14.2. The van der Waals surface area contributed by atoms with Crippen LogP contribution in [0.2, 0.25) is 0 Å². The van der Waals surface area contributed by atoms with Crippen molar-refractivity contribution in [2.24, 2.45) is 5.73 Å². The molecule has 2 aromatic rings. The average Bonchev–Trinajstić information content (AvgIpc) is 2.49. The molecular formula is C16H20N2O. The normalized spacial score (nSPS) is 12.1. The molecule has 3 nitrogen and oxygen atoms in total. The lowest BCUT2D eigenvalue weighted by atomic mass is 9.96. The fourth-order valence-corrected chi connectivity index (χ4v) is 2.14. The second-order valence-corrected chi connectivity index (χ2v) is 4.57. The Hall–Kier alpha value is -1.87. The van der Waals surface area contributed by atoms with Gasteiger partial charge in [0.2, 0.25) is 0 Å². The molecule has 0 aliphatic rings. The molecule has 0 aliphatic heterocycles. The van der Waals surface area contributed by atoms with E-state index in [0.29, 0.717) is 12.5 Å². The number of aromatic nitrogens is 1. The minimum Gasteiger partial charge on any atom is -0.497 e. The van der Waals surface area contributed by atoms with E-state index in [4.69, 9.17) is 10.5 Å². The van der Waals surface area contributed by atoms with E-state index < -0.39 is 0 Å². The molecule has 19 heavy (non-hydrogen) atoms. The Morgan fingerprint density at radius 3 is 2.53 bits per heavy atom. The molecular weight excluding hydrogens is 236 g/mol. The first-order valence-corrected chi connectivity index (χ1v) is 6.57. The van der Waals surface area contributed by atoms with Gasteiger partial charge in [0, 0.05) is 24.4 Å². The van der Waals surface area contributed by atoms with Gasteiger partial charge in [-0.05, 0) is 42.7 Å². The fraction of sp³-hybridized carbons (Fsp3) is 0.312. The number of hydrogen-bond acceptors (Lipinski definition) is 3. The highest BCUT2D eigenvalue weighted by Gasteiger charge is 2.10. The van der Waals surface area contributed by atoms with Crippen LogP contribution in [0.5, 0.6) is 5.75 Å². The van der Waals surface area contributed by atoms with Crippen molar-refractivity contribution in [1.82, 2.24) is 4.98 Å². The zero-order valence-electron chi connectivity index (χ0n) is 11.3. The second kappa shape index (κ2) is 6.90. The molecule has 3 heteroatoms. The number of hydrogen-bond donors (Lipinski definition) is 1. The molecule has 0 saturated carbocycles. The lowest BCUT2D eigenvalue weighted by Crippen LogP contribution is -2.14. The van der Waals surface area contributed by atoms with E-state index in [1.54, 1.807) is 7.11 Å². The minimum atomic E-state index is 0.323. The summed E-state index contributed by atoms with van der Waals surface area (Å²) >= 11 is 0. The number of methoxy groups -OCH3 is 1. The molecule has 1 aromatic heterocycles. The van der Waals surface area contributed by atoms with Gasteiger partial charge in [0.25, 0.3) is 0 Å². The Kier molecular flexibility index (Phi) is 4.93. The maximum absolute atomic E-state index is 5.85. The number of benzene rings is 1. The first-order chi connectivity index (χ1) is 9.33. The summed E-state index contributed by atoms with van der Waals surface area (Å²) in [5, 5.41) is 0. The van der Waals surface area contributed by atoms with Crippen molar-refractivity contribution in [2.75, 3.05) is 13.7 Å². The molecule has 1 heterocycles. The van der Waals surface area contributed by atoms with Gasteiger partial charge in [-0.2, -0.15) is 0 Å². The number of rotatable bonds is 6. The maximum Gasteiger partial charge on any atom is 0.118 e. The van der Waals surface area contributed by atoms with Gasteiger partial charge in [-0.1, -0.05) is 18.2 Å². The SMILES string of the molecule is COc1ccc(CCC(CN)c2ccccn2)cc1. The molecule has 0 bridgehead atoms. The van der Waals surface area contributed by atoms with Crippen LogP contribution in [0.1, 0.15) is 23.6 Å². The minimum absolute atomic E-state index is 0.323. The molecule has 0 spiro atoms. The number of aryl methyl sites for hydroxylation is 1. The first-order valence-electron chi connectivity index (χ1n) is 6.57. The molecule has 0 radical (unpaired) electrons. The predicted molar refractivity (Wildman–Crippen MR) is 77.3 cm³/mol. The Labute approximate surface area is 114 Å². The Morgan fingerprint density at radius 1 is 1.16 bits per heavy atom. The van der Waals surface area contributed by atoms with E-state index in [9.17, 15) is 0 Å². The van der Waals surface area contributed by atoms with E-state index in [0.717, 1.165) is 24.3 Å². The standard InChI is InChI=1S/C16H20N2O/c1-19-15-9-6-13(7-10-15)5-8-14(12-17)16-4-2-3-11-18-16/h2-4,6-7,9-11,14H,5,8,12,17H2,1H3. The van der Waals surface area contributed by atoms with Gasteiger partial charge in [-0.25, -0.2) is 0 Å². The largest absolute Gasteiger partial charge is 0.497 e. The highest BCUT2D eigenvalue weighted by Crippen LogP contribution is 2.20. The zero-order valence-corrected chi connectivity index (χ0v) is 11.3. The monoisotopic (exact) mass is 256 g/mol. The van der Waals surface area contributed by atoms with E-state index in [2.05, 4.69) is 17.1 Å². The Balaban J connectivity index is 1.96. The van der Waals surface area contributed by atoms with E-state index in [1.807, 2.05) is 36.5 Å². The predicted octanol–water partition coefficient (Wildman–Crippen LogP) is 2.77. The topological polar surface area (TPSA) is 48.1 Å². The van der Waals surface area contributed by atoms with Gasteiger partial charge < -0.3 is 10.5 Å². The van der Waals surface area contributed by atoms with Crippen LogP contribution < -0.4 is 10.5 Å². The molecule has 0 aliphatic carbocycles. The molecule has 1 unspecified atom stereocenters. The highest BCUT2D eigenvalue weighted by molar-refractivity contribution is 5.27. The van der Waals surface area contributed by atoms with E-state index in [1.165, 1.54) is 5.56 Å². The fourth-order valence-electron chi connectivity index (χ4n) is 2.14. The van der Waals surface area contributed by atoms with Crippen LogP contribution in [0.4, 0.5) is 0 Å². The molecule has 2 rings (SSSR count). The van der Waals surface area contributed by atoms with Crippen LogP contribution in [0.15, 0.2) is 48.7 Å². The molecule has 1 aromatic carbocycles. The number of nitrogens with two attached hydrogens (primary N) is 1. The lowest BCUT2D eigenvalue weighted by molar-refractivity contribution is 0.414. The molecule has 2 N–H and O–H groups in total. The third-order valence-electron chi connectivity index (χ3n) is 3.33. The number of pyridine rings is 1. The van der Waals surface area contributed by atoms with Gasteiger partial charge in [-0.3, -0.25) is 4.98 Å². The third-order valence-corrected chi connectivity index (χ3v) is 3.33. The van der Waals surface area contributed by atoms with Crippen LogP contribution in [0.3, 0.4) is 0 Å². The molecule has 1 atom stereocenters. The summed E-state index contributed by atoms with van der Waals surface area (Å²) < 4.78 is 5.16. The smallest absolute Gasteiger partial charge is 0.118 e. The molecule has 100 valence electrons. The quantitative estimate of drug-likeness (QED) is 0.864. The third kappa shape index (κ3) is 3.80. The summed E-state index contributed by atoms with van der Waals surface area (Å²) in [6.07, 6.45) is 3.84. The van der Waals surface area contributed by atoms with Gasteiger partial charge in [0.15, 0.2) is 0 Å². The molecule has 0 saturated heterocycles. The van der Waals surface area contributed by atoms with Crippen LogP contribution in [-0.2, 0) is 6.42 Å². The molecule has 0 fully saturated rings. The van der Waals surface area contributed by atoms with Gasteiger partial charge in [-0.15, -0.1) is 0 Å². The van der Waals surface area contributed by atoms with Gasteiger partial charge in [0.1, 0.15) is 5.75 Å². The van der Waals surface area contributed by atoms with Crippen LogP contribution in [0, 0.1) is 0 Å². The number of ether oxygens (including phenoxy) is 1. The van der Waals surface area contributed by atoms with Crippen molar-refractivity contribution >= 4 is 0 Å². The van der Waals surface area contributed by atoms with Crippen LogP contribution in [-0.4, -0.2) is 18.6 Å². The number of nitrogens with zero attached hydrogens (tertiary/aromatic N) is 1. The molecule has 0 amide bonds. The van der Waals surface area contributed by atoms with Crippen molar-refractivity contribution in [3.05, 3.63) is 59.9 Å². The highest BCUT2D eigenvalue weighted by atomic mass is 16.5. The summed E-state index contributed by atoms with van der Waals surface area (Å²) in [6.45, 7) is 0.632. The lowest BCUT2D eigenvalue weighted by Gasteiger charge is -2.14. The van der Waals surface area contributed by atoms with Crippen molar-refractivity contribution in [3.63, 3.8) is 0 Å². The summed E-state index contributed by atoms with van der Waals surface area (Å²) in [7, 11) is 1.68. The van der Waals surface area contributed by atoms with Crippen LogP contribution >= 0.6 is 0 Å². The average molecular weight is 256 g/mol. The van der Waals surface area contributed by atoms with Gasteiger partial charge >= 0.3 is 0 Å². The Morgan fingerprint density at radius 2 is 1.95 bits per heavy atom. The van der Waals surface area contributed by atoms with E-state index in [-0.39, 0.29) is 0 Å².